The molecule has 5 rings (SSSR count). The fourth-order valence-corrected chi connectivity index (χ4v) is 4.68. The first kappa shape index (κ1) is 24.9. The number of H-pyrrole nitrogens is 2. The van der Waals surface area contributed by atoms with Crippen LogP contribution < -0.4 is 5.32 Å². The van der Waals surface area contributed by atoms with Gasteiger partial charge in [0, 0.05) is 17.7 Å². The van der Waals surface area contributed by atoms with Crippen LogP contribution in [0.1, 0.15) is 49.7 Å². The molecule has 1 saturated heterocycles. The monoisotopic (exact) mass is 508 g/mol. The number of alkyl carbamates (subject to hydrolysis) is 1. The summed E-state index contributed by atoms with van der Waals surface area (Å²) in [5, 5.41) is 2.68. The number of aromatic nitrogens is 4. The standard InChI is InChI=1S/C29H28N6O3/c1-18(2)26(34-29(37)38-3)28(36)35-14-6-9-25(35)27-32-22-13-11-20(16-24(22)33-27)8-5-4-7-19-10-12-21-23(15-19)31-17-30-21/h10-13,15-18,25-26H,6,9,14H2,1-3H3,(H,30,31)(H,32,33)(H,34,37). The molecule has 2 atom stereocenters. The van der Waals surface area contributed by atoms with E-state index in [4.69, 9.17) is 9.72 Å². The molecule has 2 amide bonds. The van der Waals surface area contributed by atoms with Crippen molar-refractivity contribution in [2.45, 2.75) is 38.8 Å². The molecule has 0 saturated carbocycles. The summed E-state index contributed by atoms with van der Waals surface area (Å²) in [5.41, 5.74) is 5.16. The van der Waals surface area contributed by atoms with Gasteiger partial charge in [-0.2, -0.15) is 0 Å². The molecule has 0 aliphatic carbocycles. The third-order valence-corrected chi connectivity index (χ3v) is 6.64. The number of ether oxygens (including phenoxy) is 1. The Morgan fingerprint density at radius 1 is 1.08 bits per heavy atom. The van der Waals surface area contributed by atoms with Gasteiger partial charge in [0.05, 0.1) is 41.5 Å². The topological polar surface area (TPSA) is 116 Å². The Bertz CT molecular complexity index is 1630. The van der Waals surface area contributed by atoms with Gasteiger partial charge >= 0.3 is 6.09 Å². The summed E-state index contributed by atoms with van der Waals surface area (Å²) in [7, 11) is 1.29. The van der Waals surface area contributed by atoms with Gasteiger partial charge in [-0.15, -0.1) is 0 Å². The van der Waals surface area contributed by atoms with Crippen LogP contribution in [-0.4, -0.2) is 56.5 Å². The van der Waals surface area contributed by atoms with Crippen LogP contribution in [0.5, 0.6) is 0 Å². The summed E-state index contributed by atoms with van der Waals surface area (Å²) in [6.07, 6.45) is 2.69. The van der Waals surface area contributed by atoms with Crippen molar-refractivity contribution in [1.29, 1.82) is 0 Å². The highest BCUT2D eigenvalue weighted by atomic mass is 16.5. The number of benzene rings is 2. The summed E-state index contributed by atoms with van der Waals surface area (Å²) in [6.45, 7) is 4.40. The highest BCUT2D eigenvalue weighted by Gasteiger charge is 2.37. The van der Waals surface area contributed by atoms with Gasteiger partial charge in [-0.1, -0.05) is 25.7 Å². The predicted molar refractivity (Wildman–Crippen MR) is 144 cm³/mol. The number of nitrogens with one attached hydrogen (secondary N) is 3. The number of likely N-dealkylation sites (tertiary alicyclic amines) is 1. The number of imidazole rings is 2. The lowest BCUT2D eigenvalue weighted by atomic mass is 10.0. The molecule has 2 aromatic heterocycles. The number of methoxy groups -OCH3 is 1. The van der Waals surface area contributed by atoms with E-state index >= 15 is 0 Å². The van der Waals surface area contributed by atoms with E-state index in [-0.39, 0.29) is 17.9 Å². The van der Waals surface area contributed by atoms with Gasteiger partial charge in [0.1, 0.15) is 11.9 Å². The molecule has 1 aliphatic heterocycles. The number of carbonyl (C=O) groups excluding carboxylic acids is 2. The minimum absolute atomic E-state index is 0.0869. The smallest absolute Gasteiger partial charge is 0.407 e. The average molecular weight is 509 g/mol. The summed E-state index contributed by atoms with van der Waals surface area (Å²) >= 11 is 0. The average Bonchev–Trinajstić information content (AvgIpc) is 3.67. The van der Waals surface area contributed by atoms with Gasteiger partial charge in [0.25, 0.3) is 0 Å². The Balaban J connectivity index is 1.33. The van der Waals surface area contributed by atoms with Crippen molar-refractivity contribution < 1.29 is 14.3 Å². The normalized spacial score (nSPS) is 15.6. The van der Waals surface area contributed by atoms with Crippen molar-refractivity contribution in [3.05, 3.63) is 59.7 Å². The Morgan fingerprint density at radius 3 is 2.50 bits per heavy atom. The summed E-state index contributed by atoms with van der Waals surface area (Å²) in [5.74, 6) is 12.5. The van der Waals surface area contributed by atoms with Crippen molar-refractivity contribution in [3.63, 3.8) is 0 Å². The van der Waals surface area contributed by atoms with Gasteiger partial charge in [-0.3, -0.25) is 4.79 Å². The van der Waals surface area contributed by atoms with Crippen LogP contribution >= 0.6 is 0 Å². The Hall–Kier alpha value is -4.76. The molecule has 0 bridgehead atoms. The molecular formula is C29H28N6O3. The SMILES string of the molecule is COC(=O)NC(C(=O)N1CCCC1c1nc2ccc(C#CC#Cc3ccc4nc[nH]c4c3)cc2[nH]1)C(C)C. The fraction of sp³-hybridized carbons (Fsp3) is 0.310. The minimum Gasteiger partial charge on any atom is -0.453 e. The molecular weight excluding hydrogens is 480 g/mol. The molecule has 9 heteroatoms. The fourth-order valence-electron chi connectivity index (χ4n) is 4.68. The Kier molecular flexibility index (Phi) is 7.01. The van der Waals surface area contributed by atoms with Crippen LogP contribution in [0.3, 0.4) is 0 Å². The molecule has 2 aromatic carbocycles. The van der Waals surface area contributed by atoms with Gasteiger partial charge in [0.2, 0.25) is 5.91 Å². The first-order chi connectivity index (χ1) is 18.4. The third-order valence-electron chi connectivity index (χ3n) is 6.64. The zero-order chi connectivity index (χ0) is 26.6. The van der Waals surface area contributed by atoms with Crippen LogP contribution in [0, 0.1) is 29.6 Å². The molecule has 4 aromatic rings. The lowest BCUT2D eigenvalue weighted by Gasteiger charge is -2.29. The van der Waals surface area contributed by atoms with Crippen molar-refractivity contribution in [1.82, 2.24) is 30.2 Å². The van der Waals surface area contributed by atoms with E-state index in [1.165, 1.54) is 7.11 Å². The van der Waals surface area contributed by atoms with E-state index in [1.54, 1.807) is 11.2 Å². The summed E-state index contributed by atoms with van der Waals surface area (Å²) in [4.78, 5) is 42.4. The largest absolute Gasteiger partial charge is 0.453 e. The lowest BCUT2D eigenvalue weighted by molar-refractivity contribution is -0.135. The first-order valence-electron chi connectivity index (χ1n) is 12.5. The van der Waals surface area contributed by atoms with Crippen LogP contribution in [0.2, 0.25) is 0 Å². The molecule has 38 heavy (non-hydrogen) atoms. The number of amides is 2. The second kappa shape index (κ2) is 10.7. The molecule has 3 N–H and O–H groups in total. The summed E-state index contributed by atoms with van der Waals surface area (Å²) < 4.78 is 4.71. The minimum atomic E-state index is -0.670. The van der Waals surface area contributed by atoms with Crippen molar-refractivity contribution >= 4 is 34.1 Å². The van der Waals surface area contributed by atoms with Crippen LogP contribution in [0.15, 0.2) is 42.7 Å². The van der Waals surface area contributed by atoms with Crippen molar-refractivity contribution in [2.75, 3.05) is 13.7 Å². The van der Waals surface area contributed by atoms with Crippen LogP contribution in [0.25, 0.3) is 22.1 Å². The Morgan fingerprint density at radius 2 is 1.79 bits per heavy atom. The second-order valence-electron chi connectivity index (χ2n) is 9.54. The van der Waals surface area contributed by atoms with E-state index in [0.29, 0.717) is 6.54 Å². The van der Waals surface area contributed by atoms with E-state index in [2.05, 4.69) is 44.0 Å². The molecule has 192 valence electrons. The van der Waals surface area contributed by atoms with E-state index in [9.17, 15) is 9.59 Å². The molecule has 0 spiro atoms. The van der Waals surface area contributed by atoms with E-state index < -0.39 is 12.1 Å². The lowest BCUT2D eigenvalue weighted by Crippen LogP contribution is -2.51. The molecule has 3 heterocycles. The number of rotatable bonds is 4. The maximum absolute atomic E-state index is 13.4. The number of hydrogen-bond acceptors (Lipinski definition) is 5. The van der Waals surface area contributed by atoms with Crippen molar-refractivity contribution in [2.24, 2.45) is 5.92 Å². The molecule has 1 aliphatic rings. The quantitative estimate of drug-likeness (QED) is 0.362. The number of carbonyl (C=O) groups is 2. The molecule has 0 radical (unpaired) electrons. The highest BCUT2D eigenvalue weighted by Crippen LogP contribution is 2.32. The van der Waals surface area contributed by atoms with Gasteiger partial charge < -0.3 is 24.9 Å². The third kappa shape index (κ3) is 5.18. The number of fused-ring (bicyclic) bond motifs is 2. The van der Waals surface area contributed by atoms with Crippen LogP contribution in [0.4, 0.5) is 4.79 Å². The molecule has 1 fully saturated rings. The number of aromatic amines is 2. The van der Waals surface area contributed by atoms with Crippen LogP contribution in [-0.2, 0) is 9.53 Å². The summed E-state index contributed by atoms with van der Waals surface area (Å²) in [6, 6.07) is 10.7. The highest BCUT2D eigenvalue weighted by molar-refractivity contribution is 5.86. The maximum Gasteiger partial charge on any atom is 0.407 e. The zero-order valence-corrected chi connectivity index (χ0v) is 21.5. The number of nitrogens with zero attached hydrogens (tertiary/aromatic N) is 3. The Labute approximate surface area is 220 Å². The first-order valence-corrected chi connectivity index (χ1v) is 12.5. The van der Waals surface area contributed by atoms with E-state index in [1.807, 2.05) is 50.2 Å². The van der Waals surface area contributed by atoms with Gasteiger partial charge in [-0.05, 0) is 67.0 Å². The zero-order valence-electron chi connectivity index (χ0n) is 21.5. The second-order valence-corrected chi connectivity index (χ2v) is 9.54. The number of hydrogen-bond donors (Lipinski definition) is 3. The predicted octanol–water partition coefficient (Wildman–Crippen LogP) is 3.89. The van der Waals surface area contributed by atoms with Crippen molar-refractivity contribution in [3.8, 4) is 23.7 Å². The maximum atomic E-state index is 13.4. The van der Waals surface area contributed by atoms with E-state index in [0.717, 1.165) is 51.9 Å². The molecule has 2 unspecified atom stereocenters. The molecule has 9 nitrogen and oxygen atoms in total. The van der Waals surface area contributed by atoms with Gasteiger partial charge in [0.15, 0.2) is 0 Å². The van der Waals surface area contributed by atoms with Gasteiger partial charge in [-0.25, -0.2) is 14.8 Å².